The first-order valence-electron chi connectivity index (χ1n) is 7.90. The van der Waals surface area contributed by atoms with Gasteiger partial charge >= 0.3 is 0 Å². The van der Waals surface area contributed by atoms with Crippen LogP contribution in [-0.4, -0.2) is 25.2 Å². The van der Waals surface area contributed by atoms with E-state index in [2.05, 4.69) is 19.2 Å². The van der Waals surface area contributed by atoms with Crippen LogP contribution in [0, 0.1) is 5.92 Å². The van der Waals surface area contributed by atoms with Gasteiger partial charge in [-0.3, -0.25) is 4.79 Å². The molecule has 0 radical (unpaired) electrons. The summed E-state index contributed by atoms with van der Waals surface area (Å²) in [6.45, 7) is 10.0. The molecule has 3 heteroatoms. The van der Waals surface area contributed by atoms with Crippen LogP contribution in [0.25, 0.3) is 0 Å². The molecule has 1 N–H and O–H groups in total. The van der Waals surface area contributed by atoms with Crippen LogP contribution in [0.1, 0.15) is 72.6 Å². The molecule has 0 spiro atoms. The van der Waals surface area contributed by atoms with Crippen molar-refractivity contribution in [2.75, 3.05) is 13.2 Å². The van der Waals surface area contributed by atoms with Crippen molar-refractivity contribution in [2.45, 2.75) is 78.7 Å². The molecule has 0 bridgehead atoms. The Morgan fingerprint density at radius 2 is 1.68 bits per heavy atom. The first kappa shape index (κ1) is 18.4. The highest BCUT2D eigenvalue weighted by molar-refractivity contribution is 5.75. The van der Waals surface area contributed by atoms with Crippen molar-refractivity contribution in [3.8, 4) is 0 Å². The second-order valence-electron chi connectivity index (χ2n) is 5.97. The molecule has 0 aromatic rings. The van der Waals surface area contributed by atoms with Gasteiger partial charge in [-0.15, -0.1) is 0 Å². The lowest BCUT2D eigenvalue weighted by Gasteiger charge is -2.08. The molecule has 114 valence electrons. The fourth-order valence-electron chi connectivity index (χ4n) is 1.90. The van der Waals surface area contributed by atoms with Crippen molar-refractivity contribution >= 4 is 5.91 Å². The Balaban J connectivity index is 3.21. The van der Waals surface area contributed by atoms with Gasteiger partial charge in [0.15, 0.2) is 0 Å². The van der Waals surface area contributed by atoms with Crippen LogP contribution in [0.3, 0.4) is 0 Å². The van der Waals surface area contributed by atoms with Crippen LogP contribution in [-0.2, 0) is 9.53 Å². The Morgan fingerprint density at radius 3 is 2.32 bits per heavy atom. The van der Waals surface area contributed by atoms with Gasteiger partial charge < -0.3 is 10.1 Å². The van der Waals surface area contributed by atoms with E-state index in [1.165, 1.54) is 25.7 Å². The normalized spacial score (nSPS) is 11.3. The molecule has 0 atom stereocenters. The van der Waals surface area contributed by atoms with Crippen LogP contribution < -0.4 is 5.32 Å². The number of carbonyl (C=O) groups excluding carboxylic acids is 1. The Bertz CT molecular complexity index is 215. The Hall–Kier alpha value is -0.570. The molecule has 0 fully saturated rings. The number of hydrogen-bond acceptors (Lipinski definition) is 2. The van der Waals surface area contributed by atoms with E-state index >= 15 is 0 Å². The third-order valence-electron chi connectivity index (χ3n) is 3.03. The number of hydrogen-bond donors (Lipinski definition) is 1. The van der Waals surface area contributed by atoms with E-state index in [0.29, 0.717) is 6.42 Å². The molecule has 0 rings (SSSR count). The lowest BCUT2D eigenvalue weighted by atomic mass is 10.0. The summed E-state index contributed by atoms with van der Waals surface area (Å²) in [6, 6.07) is 0. The zero-order valence-electron chi connectivity index (χ0n) is 13.3. The SMILES string of the molecule is CC(C)CCCCCCC(=O)NCCCOC(C)C. The standard InChI is InChI=1S/C16H33NO2/c1-14(2)10-7-5-6-8-11-16(18)17-12-9-13-19-15(3)4/h14-15H,5-13H2,1-4H3,(H,17,18). The quantitative estimate of drug-likeness (QED) is 0.546. The molecule has 0 unspecified atom stereocenters. The minimum absolute atomic E-state index is 0.188. The van der Waals surface area contributed by atoms with Crippen molar-refractivity contribution in [2.24, 2.45) is 5.92 Å². The predicted molar refractivity (Wildman–Crippen MR) is 81.3 cm³/mol. The monoisotopic (exact) mass is 271 g/mol. The smallest absolute Gasteiger partial charge is 0.219 e. The second kappa shape index (κ2) is 12.5. The average molecular weight is 271 g/mol. The maximum atomic E-state index is 11.5. The lowest BCUT2D eigenvalue weighted by molar-refractivity contribution is -0.121. The average Bonchev–Trinajstić information content (AvgIpc) is 2.32. The van der Waals surface area contributed by atoms with E-state index in [1.54, 1.807) is 0 Å². The fraction of sp³-hybridized carbons (Fsp3) is 0.938. The fourth-order valence-corrected chi connectivity index (χ4v) is 1.90. The molecule has 3 nitrogen and oxygen atoms in total. The van der Waals surface area contributed by atoms with E-state index in [4.69, 9.17) is 4.74 Å². The van der Waals surface area contributed by atoms with Gasteiger partial charge in [0.1, 0.15) is 0 Å². The third-order valence-corrected chi connectivity index (χ3v) is 3.03. The molecule has 0 saturated heterocycles. The van der Waals surface area contributed by atoms with Crippen molar-refractivity contribution in [3.05, 3.63) is 0 Å². The first-order valence-corrected chi connectivity index (χ1v) is 7.90. The van der Waals surface area contributed by atoms with Gasteiger partial charge in [0.25, 0.3) is 0 Å². The van der Waals surface area contributed by atoms with Gasteiger partial charge in [0.05, 0.1) is 6.10 Å². The summed E-state index contributed by atoms with van der Waals surface area (Å²) in [4.78, 5) is 11.5. The highest BCUT2D eigenvalue weighted by atomic mass is 16.5. The molecule has 0 aromatic heterocycles. The molecule has 0 aliphatic rings. The van der Waals surface area contributed by atoms with Gasteiger partial charge in [-0.2, -0.15) is 0 Å². The molecule has 1 amide bonds. The lowest BCUT2D eigenvalue weighted by Crippen LogP contribution is -2.25. The number of ether oxygens (including phenoxy) is 1. The van der Waals surface area contributed by atoms with Gasteiger partial charge in [0.2, 0.25) is 5.91 Å². The summed E-state index contributed by atoms with van der Waals surface area (Å²) in [5.74, 6) is 0.991. The summed E-state index contributed by atoms with van der Waals surface area (Å²) in [7, 11) is 0. The van der Waals surface area contributed by atoms with Crippen LogP contribution in [0.15, 0.2) is 0 Å². The number of unbranched alkanes of at least 4 members (excludes halogenated alkanes) is 3. The largest absolute Gasteiger partial charge is 0.379 e. The number of rotatable bonds is 12. The minimum atomic E-state index is 0.188. The van der Waals surface area contributed by atoms with Gasteiger partial charge in [0, 0.05) is 19.6 Å². The predicted octanol–water partition coefficient (Wildman–Crippen LogP) is 3.91. The van der Waals surface area contributed by atoms with E-state index in [-0.39, 0.29) is 12.0 Å². The highest BCUT2D eigenvalue weighted by Gasteiger charge is 2.01. The van der Waals surface area contributed by atoms with Gasteiger partial charge in [-0.05, 0) is 32.6 Å². The van der Waals surface area contributed by atoms with Gasteiger partial charge in [-0.1, -0.05) is 39.5 Å². The summed E-state index contributed by atoms with van der Waals surface area (Å²) in [5, 5.41) is 2.95. The molecule has 0 saturated carbocycles. The van der Waals surface area contributed by atoms with E-state index in [0.717, 1.165) is 31.9 Å². The van der Waals surface area contributed by atoms with E-state index in [9.17, 15) is 4.79 Å². The first-order chi connectivity index (χ1) is 9.02. The molecule has 19 heavy (non-hydrogen) atoms. The molecule has 0 aromatic carbocycles. The van der Waals surface area contributed by atoms with E-state index < -0.39 is 0 Å². The Morgan fingerprint density at radius 1 is 1.00 bits per heavy atom. The van der Waals surface area contributed by atoms with Crippen LogP contribution in [0.5, 0.6) is 0 Å². The zero-order valence-corrected chi connectivity index (χ0v) is 13.3. The summed E-state index contributed by atoms with van der Waals surface area (Å²) in [6.07, 6.45) is 7.91. The van der Waals surface area contributed by atoms with Crippen LogP contribution in [0.2, 0.25) is 0 Å². The molecule has 0 aliphatic heterocycles. The maximum Gasteiger partial charge on any atom is 0.219 e. The topological polar surface area (TPSA) is 38.3 Å². The Kier molecular flexibility index (Phi) is 12.1. The highest BCUT2D eigenvalue weighted by Crippen LogP contribution is 2.10. The number of amides is 1. The van der Waals surface area contributed by atoms with Crippen molar-refractivity contribution in [1.29, 1.82) is 0 Å². The van der Waals surface area contributed by atoms with Crippen molar-refractivity contribution in [1.82, 2.24) is 5.32 Å². The second-order valence-corrected chi connectivity index (χ2v) is 5.97. The van der Waals surface area contributed by atoms with Crippen molar-refractivity contribution in [3.63, 3.8) is 0 Å². The molecule has 0 heterocycles. The van der Waals surface area contributed by atoms with Crippen LogP contribution in [0.4, 0.5) is 0 Å². The molecular weight excluding hydrogens is 238 g/mol. The third kappa shape index (κ3) is 15.4. The van der Waals surface area contributed by atoms with E-state index in [1.807, 2.05) is 13.8 Å². The zero-order chi connectivity index (χ0) is 14.5. The summed E-state index contributed by atoms with van der Waals surface area (Å²) < 4.78 is 5.42. The molecule has 0 aliphatic carbocycles. The summed E-state index contributed by atoms with van der Waals surface area (Å²) in [5.41, 5.74) is 0. The van der Waals surface area contributed by atoms with Crippen LogP contribution >= 0.6 is 0 Å². The minimum Gasteiger partial charge on any atom is -0.379 e. The van der Waals surface area contributed by atoms with Gasteiger partial charge in [-0.25, -0.2) is 0 Å². The number of carbonyl (C=O) groups is 1. The summed E-state index contributed by atoms with van der Waals surface area (Å²) >= 11 is 0. The Labute approximate surface area is 119 Å². The molecular formula is C16H33NO2. The maximum absolute atomic E-state index is 11.5. The number of nitrogens with one attached hydrogen (secondary N) is 1. The van der Waals surface area contributed by atoms with Crippen molar-refractivity contribution < 1.29 is 9.53 Å².